The Kier molecular flexibility index (Phi) is 5.84. The Morgan fingerprint density at radius 1 is 1.14 bits per heavy atom. The first kappa shape index (κ1) is 20.4. The Morgan fingerprint density at radius 3 is 2.31 bits per heavy atom. The second-order valence-corrected chi connectivity index (χ2v) is 7.17. The molecule has 0 fully saturated rings. The van der Waals surface area contributed by atoms with E-state index in [1.807, 2.05) is 32.0 Å². The molecule has 1 aliphatic rings. The van der Waals surface area contributed by atoms with Crippen molar-refractivity contribution in [3.63, 3.8) is 0 Å². The van der Waals surface area contributed by atoms with E-state index < -0.39 is 5.97 Å². The van der Waals surface area contributed by atoms with Crippen molar-refractivity contribution in [2.75, 3.05) is 5.32 Å². The number of nitrogens with one attached hydrogen (secondary N) is 3. The van der Waals surface area contributed by atoms with E-state index >= 15 is 0 Å². The summed E-state index contributed by atoms with van der Waals surface area (Å²) in [6, 6.07) is 12.9. The molecule has 7 heteroatoms. The summed E-state index contributed by atoms with van der Waals surface area (Å²) in [5, 5.41) is 24.8. The van der Waals surface area contributed by atoms with Gasteiger partial charge in [-0.05, 0) is 61.7 Å². The summed E-state index contributed by atoms with van der Waals surface area (Å²) in [5.74, 6) is -0.395. The quantitative estimate of drug-likeness (QED) is 0.537. The highest BCUT2D eigenvalue weighted by molar-refractivity contribution is 6.41. The number of benzene rings is 2. The van der Waals surface area contributed by atoms with Crippen LogP contribution in [0.25, 0.3) is 5.57 Å². The van der Waals surface area contributed by atoms with Gasteiger partial charge < -0.3 is 21.1 Å². The number of rotatable bonds is 5. The van der Waals surface area contributed by atoms with Crippen LogP contribution in [0.5, 0.6) is 0 Å². The van der Waals surface area contributed by atoms with E-state index in [2.05, 4.69) is 15.6 Å². The van der Waals surface area contributed by atoms with Gasteiger partial charge in [-0.1, -0.05) is 29.8 Å². The highest BCUT2D eigenvalue weighted by Crippen LogP contribution is 2.28. The summed E-state index contributed by atoms with van der Waals surface area (Å²) in [4.78, 5) is 16.0. The number of halogens is 1. The summed E-state index contributed by atoms with van der Waals surface area (Å²) in [6.07, 6.45) is 1.42. The first-order valence-electron chi connectivity index (χ1n) is 8.96. The molecular weight excluding hydrogens is 388 g/mol. The molecule has 0 bridgehead atoms. The van der Waals surface area contributed by atoms with Crippen LogP contribution in [-0.2, 0) is 4.79 Å². The van der Waals surface area contributed by atoms with Crippen molar-refractivity contribution in [3.8, 4) is 0 Å². The summed E-state index contributed by atoms with van der Waals surface area (Å²) in [7, 11) is 0. The second-order valence-electron chi connectivity index (χ2n) is 6.73. The van der Waals surface area contributed by atoms with Crippen molar-refractivity contribution in [2.45, 2.75) is 20.8 Å². The van der Waals surface area contributed by atoms with E-state index in [0.717, 1.165) is 22.4 Å². The first-order valence-corrected chi connectivity index (χ1v) is 9.33. The van der Waals surface area contributed by atoms with E-state index in [1.165, 1.54) is 6.08 Å². The smallest absolute Gasteiger partial charge is 0.354 e. The van der Waals surface area contributed by atoms with Gasteiger partial charge in [-0.15, -0.1) is 0 Å². The zero-order chi connectivity index (χ0) is 21.1. The number of hydrogen-bond donors (Lipinski definition) is 4. The fourth-order valence-electron chi connectivity index (χ4n) is 3.16. The van der Waals surface area contributed by atoms with Crippen molar-refractivity contribution >= 4 is 40.3 Å². The molecule has 0 aromatic heterocycles. The number of aliphatic carboxylic acids is 1. The lowest BCUT2D eigenvalue weighted by Gasteiger charge is -2.22. The third kappa shape index (κ3) is 4.55. The number of nitrogens with zero attached hydrogens (tertiary/aromatic N) is 1. The molecule has 1 aliphatic heterocycles. The number of aliphatic imine (C=N–C) groups is 1. The topological polar surface area (TPSA) is 97.6 Å². The molecule has 3 rings (SSSR count). The number of anilines is 1. The Labute approximate surface area is 174 Å². The second kappa shape index (κ2) is 8.32. The Bertz CT molecular complexity index is 1060. The van der Waals surface area contributed by atoms with Gasteiger partial charge in [-0.3, -0.25) is 0 Å². The molecule has 4 N–H and O–H groups in total. The Hall–Kier alpha value is -3.38. The maximum absolute atomic E-state index is 11.7. The number of carboxylic acid groups (broad SMARTS) is 1. The lowest BCUT2D eigenvalue weighted by molar-refractivity contribution is -0.129. The third-order valence-corrected chi connectivity index (χ3v) is 4.70. The van der Waals surface area contributed by atoms with Gasteiger partial charge in [0.15, 0.2) is 5.71 Å². The predicted octanol–water partition coefficient (Wildman–Crippen LogP) is 4.75. The zero-order valence-electron chi connectivity index (χ0n) is 16.3. The molecule has 0 amide bonds. The molecule has 2 aromatic carbocycles. The van der Waals surface area contributed by atoms with Gasteiger partial charge in [0.25, 0.3) is 0 Å². The van der Waals surface area contributed by atoms with Gasteiger partial charge in [0, 0.05) is 28.1 Å². The van der Waals surface area contributed by atoms with E-state index in [1.54, 1.807) is 31.2 Å². The maximum Gasteiger partial charge on any atom is 0.354 e. The summed E-state index contributed by atoms with van der Waals surface area (Å²) in [6.45, 7) is 5.58. The summed E-state index contributed by atoms with van der Waals surface area (Å²) < 4.78 is 0. The van der Waals surface area contributed by atoms with Crippen LogP contribution >= 0.6 is 11.6 Å². The molecule has 0 radical (unpaired) electrons. The molecule has 0 spiro atoms. The largest absolute Gasteiger partial charge is 0.477 e. The lowest BCUT2D eigenvalue weighted by Crippen LogP contribution is -2.29. The van der Waals surface area contributed by atoms with Crippen LogP contribution < -0.4 is 10.6 Å². The van der Waals surface area contributed by atoms with E-state index in [4.69, 9.17) is 17.0 Å². The zero-order valence-corrected chi connectivity index (χ0v) is 17.1. The number of hydrogen-bond acceptors (Lipinski definition) is 5. The summed E-state index contributed by atoms with van der Waals surface area (Å²) in [5.41, 5.74) is 4.28. The number of carbonyl (C=O) groups is 1. The van der Waals surface area contributed by atoms with E-state index in [-0.39, 0.29) is 11.4 Å². The molecule has 0 saturated heterocycles. The van der Waals surface area contributed by atoms with Crippen LogP contribution in [0, 0.1) is 19.3 Å². The fourth-order valence-corrected chi connectivity index (χ4v) is 3.28. The molecule has 0 aliphatic carbocycles. The van der Waals surface area contributed by atoms with Crippen molar-refractivity contribution in [2.24, 2.45) is 4.99 Å². The monoisotopic (exact) mass is 408 g/mol. The average Bonchev–Trinajstić information content (AvgIpc) is 2.66. The maximum atomic E-state index is 11.7. The number of carboxylic acids is 1. The minimum atomic E-state index is -1.15. The van der Waals surface area contributed by atoms with E-state index in [9.17, 15) is 9.90 Å². The van der Waals surface area contributed by atoms with Gasteiger partial charge in [-0.25, -0.2) is 9.79 Å². The lowest BCUT2D eigenvalue weighted by atomic mass is 9.92. The Balaban J connectivity index is 2.11. The van der Waals surface area contributed by atoms with Crippen LogP contribution in [0.15, 0.2) is 65.2 Å². The summed E-state index contributed by atoms with van der Waals surface area (Å²) >= 11 is 5.93. The van der Waals surface area contributed by atoms with Crippen LogP contribution in [0.4, 0.5) is 5.69 Å². The van der Waals surface area contributed by atoms with E-state index in [0.29, 0.717) is 22.2 Å². The van der Waals surface area contributed by atoms with Crippen LogP contribution in [-0.4, -0.2) is 22.5 Å². The van der Waals surface area contributed by atoms with Crippen molar-refractivity contribution in [1.29, 1.82) is 5.41 Å². The number of allylic oxidation sites excluding steroid dienone is 1. The van der Waals surface area contributed by atoms with Gasteiger partial charge >= 0.3 is 5.97 Å². The van der Waals surface area contributed by atoms with Crippen LogP contribution in [0.1, 0.15) is 23.6 Å². The minimum absolute atomic E-state index is 0.125. The Morgan fingerprint density at radius 2 is 1.76 bits per heavy atom. The van der Waals surface area contributed by atoms with Crippen LogP contribution in [0.2, 0.25) is 5.02 Å². The first-order chi connectivity index (χ1) is 13.8. The SMILES string of the molecule is CC(=N)/C(=C1/N=C(C(=O)O)C=C(Nc2ccc(Cl)cc2)N1)c1c(C)cccc1C. The molecule has 0 saturated carbocycles. The van der Waals surface area contributed by atoms with Gasteiger partial charge in [-0.2, -0.15) is 0 Å². The molecule has 148 valence electrons. The van der Waals surface area contributed by atoms with Gasteiger partial charge in [0.05, 0.1) is 0 Å². The van der Waals surface area contributed by atoms with Crippen molar-refractivity contribution in [1.82, 2.24) is 5.32 Å². The molecule has 0 atom stereocenters. The van der Waals surface area contributed by atoms with Crippen molar-refractivity contribution < 1.29 is 9.90 Å². The number of aryl methyl sites for hydroxylation is 2. The molecular formula is C22H21ClN4O2. The molecule has 1 heterocycles. The molecule has 0 unspecified atom stereocenters. The predicted molar refractivity (Wildman–Crippen MR) is 118 cm³/mol. The highest BCUT2D eigenvalue weighted by atomic mass is 35.5. The van der Waals surface area contributed by atoms with Crippen LogP contribution in [0.3, 0.4) is 0 Å². The van der Waals surface area contributed by atoms with Gasteiger partial charge in [0.2, 0.25) is 0 Å². The van der Waals surface area contributed by atoms with Gasteiger partial charge in [0.1, 0.15) is 11.6 Å². The normalized spacial score (nSPS) is 15.0. The molecule has 29 heavy (non-hydrogen) atoms. The minimum Gasteiger partial charge on any atom is -0.477 e. The highest BCUT2D eigenvalue weighted by Gasteiger charge is 2.22. The average molecular weight is 409 g/mol. The molecule has 2 aromatic rings. The third-order valence-electron chi connectivity index (χ3n) is 4.45. The van der Waals surface area contributed by atoms with Crippen molar-refractivity contribution in [3.05, 3.63) is 81.9 Å². The standard InChI is InChI=1S/C22H21ClN4O2/c1-12-5-4-6-13(2)19(12)20(14(3)24)21-26-17(22(28)29)11-18(27-21)25-16-9-7-15(23)8-10-16/h4-11,24-25,27H,1-3H3,(H,28,29)/b21-20+,24-14?. The fraction of sp³-hybridized carbons (Fsp3) is 0.136. The molecule has 6 nitrogen and oxygen atoms in total.